The smallest absolute Gasteiger partial charge is 0.281 e. The summed E-state index contributed by atoms with van der Waals surface area (Å²) in [5.74, 6) is 2.52. The van der Waals surface area contributed by atoms with Gasteiger partial charge in [0.15, 0.2) is 23.0 Å². The third-order valence-electron chi connectivity index (χ3n) is 5.14. The number of fused-ring (bicyclic) bond motifs is 5. The maximum absolute atomic E-state index is 12.8. The monoisotopic (exact) mass is 375 g/mol. The minimum Gasteiger partial charge on any atom is -0.480 e. The number of amides is 1. The second-order valence-electron chi connectivity index (χ2n) is 6.57. The van der Waals surface area contributed by atoms with Crippen molar-refractivity contribution in [2.75, 3.05) is 20.7 Å². The van der Waals surface area contributed by atoms with Crippen LogP contribution in [0.1, 0.15) is 15.9 Å². The van der Waals surface area contributed by atoms with Crippen molar-refractivity contribution in [1.29, 1.82) is 0 Å². The van der Waals surface area contributed by atoms with Crippen LogP contribution in [0.25, 0.3) is 21.9 Å². The van der Waals surface area contributed by atoms with Crippen LogP contribution < -0.4 is 18.9 Å². The first-order chi connectivity index (χ1) is 13.7. The highest BCUT2D eigenvalue weighted by molar-refractivity contribution is 6.26. The number of ether oxygens (including phenoxy) is 5. The molecule has 0 fully saturated rings. The van der Waals surface area contributed by atoms with E-state index in [0.29, 0.717) is 45.6 Å². The van der Waals surface area contributed by atoms with Crippen LogP contribution in [0.5, 0.6) is 23.0 Å². The molecule has 0 aliphatic carbocycles. The number of rotatable bonds is 1. The number of carbonyl (C=O) groups excluding carboxylic acids is 1. The van der Waals surface area contributed by atoms with E-state index in [2.05, 4.69) is 4.99 Å². The van der Waals surface area contributed by atoms with Crippen LogP contribution in [-0.2, 0) is 4.74 Å². The van der Waals surface area contributed by atoms with E-state index in [1.54, 1.807) is 0 Å². The molecule has 0 aromatic heterocycles. The molecule has 3 aliphatic heterocycles. The van der Waals surface area contributed by atoms with E-state index in [1.807, 2.05) is 36.4 Å². The van der Waals surface area contributed by atoms with E-state index in [-0.39, 0.29) is 19.5 Å². The van der Waals surface area contributed by atoms with E-state index in [9.17, 15) is 4.79 Å². The number of nitrogens with zero attached hydrogens (tertiary/aromatic N) is 1. The number of hydrogen-bond acceptors (Lipinski definition) is 6. The SMILES string of the molecule is COC1=NC(=O)c2c1cc1ccc3c(c1c2-c1ccc2c(c1)OCO2)OCO3. The summed E-state index contributed by atoms with van der Waals surface area (Å²) in [6, 6.07) is 11.3. The first-order valence-electron chi connectivity index (χ1n) is 8.71. The highest BCUT2D eigenvalue weighted by Crippen LogP contribution is 2.48. The predicted octanol–water partition coefficient (Wildman–Crippen LogP) is 3.51. The highest BCUT2D eigenvalue weighted by Gasteiger charge is 2.32. The highest BCUT2D eigenvalue weighted by atomic mass is 16.7. The second-order valence-corrected chi connectivity index (χ2v) is 6.57. The molecular formula is C21H13NO6. The summed E-state index contributed by atoms with van der Waals surface area (Å²) in [5.41, 5.74) is 2.66. The van der Waals surface area contributed by atoms with Gasteiger partial charge in [-0.2, -0.15) is 4.99 Å². The average molecular weight is 375 g/mol. The van der Waals surface area contributed by atoms with Gasteiger partial charge in [0.05, 0.1) is 18.2 Å². The Labute approximate surface area is 159 Å². The Morgan fingerprint density at radius 1 is 0.893 bits per heavy atom. The van der Waals surface area contributed by atoms with Crippen molar-refractivity contribution in [3.63, 3.8) is 0 Å². The number of aliphatic imine (C=N–C) groups is 1. The first-order valence-corrected chi connectivity index (χ1v) is 8.71. The molecule has 0 unspecified atom stereocenters. The largest absolute Gasteiger partial charge is 0.480 e. The molecule has 0 bridgehead atoms. The zero-order chi connectivity index (χ0) is 18.8. The van der Waals surface area contributed by atoms with Gasteiger partial charge in [-0.05, 0) is 35.2 Å². The summed E-state index contributed by atoms with van der Waals surface area (Å²) in [5, 5.41) is 1.70. The Bertz CT molecular complexity index is 1230. The summed E-state index contributed by atoms with van der Waals surface area (Å²) >= 11 is 0. The lowest BCUT2D eigenvalue weighted by Crippen LogP contribution is -2.03. The minimum atomic E-state index is -0.349. The van der Waals surface area contributed by atoms with Crippen molar-refractivity contribution in [1.82, 2.24) is 0 Å². The molecular weight excluding hydrogens is 362 g/mol. The van der Waals surface area contributed by atoms with Crippen LogP contribution >= 0.6 is 0 Å². The van der Waals surface area contributed by atoms with Crippen molar-refractivity contribution < 1.29 is 28.5 Å². The van der Waals surface area contributed by atoms with Gasteiger partial charge >= 0.3 is 0 Å². The average Bonchev–Trinajstić information content (AvgIpc) is 3.44. The molecule has 6 rings (SSSR count). The third kappa shape index (κ3) is 1.93. The fourth-order valence-electron chi connectivity index (χ4n) is 3.95. The molecule has 0 radical (unpaired) electrons. The first kappa shape index (κ1) is 15.3. The molecule has 28 heavy (non-hydrogen) atoms. The van der Waals surface area contributed by atoms with Crippen molar-refractivity contribution in [3.05, 3.63) is 47.5 Å². The van der Waals surface area contributed by atoms with Crippen molar-refractivity contribution in [2.24, 2.45) is 4.99 Å². The molecule has 3 aliphatic rings. The zero-order valence-corrected chi connectivity index (χ0v) is 14.8. The van der Waals surface area contributed by atoms with Crippen LogP contribution in [0.2, 0.25) is 0 Å². The zero-order valence-electron chi connectivity index (χ0n) is 14.8. The van der Waals surface area contributed by atoms with Gasteiger partial charge in [-0.25, -0.2) is 0 Å². The molecule has 0 atom stereocenters. The standard InChI is InChI=1S/C21H13NO6/c1-24-21-12-6-10-3-5-14-19(28-9-26-14)17(10)16(18(12)20(23)22-21)11-2-4-13-15(7-11)27-8-25-13/h2-7H,8-9H2,1H3. The molecule has 7 nitrogen and oxygen atoms in total. The topological polar surface area (TPSA) is 75.6 Å². The fraction of sp³-hybridized carbons (Fsp3) is 0.143. The van der Waals surface area contributed by atoms with Gasteiger partial charge < -0.3 is 23.7 Å². The fourth-order valence-corrected chi connectivity index (χ4v) is 3.95. The summed E-state index contributed by atoms with van der Waals surface area (Å²) in [6.07, 6.45) is 0. The van der Waals surface area contributed by atoms with E-state index < -0.39 is 0 Å². The summed E-state index contributed by atoms with van der Waals surface area (Å²) in [6.45, 7) is 0.314. The lowest BCUT2D eigenvalue weighted by Gasteiger charge is -2.15. The normalized spacial score (nSPS) is 15.8. The maximum atomic E-state index is 12.8. The maximum Gasteiger partial charge on any atom is 0.281 e. The minimum absolute atomic E-state index is 0.139. The summed E-state index contributed by atoms with van der Waals surface area (Å²) in [4.78, 5) is 16.9. The summed E-state index contributed by atoms with van der Waals surface area (Å²) < 4.78 is 27.6. The van der Waals surface area contributed by atoms with Crippen LogP contribution in [0.15, 0.2) is 41.4 Å². The second kappa shape index (κ2) is 5.39. The number of hydrogen-bond donors (Lipinski definition) is 0. The van der Waals surface area contributed by atoms with Gasteiger partial charge in [0.25, 0.3) is 5.91 Å². The van der Waals surface area contributed by atoms with Crippen LogP contribution in [0.4, 0.5) is 0 Å². The molecule has 3 aromatic carbocycles. The Kier molecular flexibility index (Phi) is 2.95. The van der Waals surface area contributed by atoms with E-state index in [1.165, 1.54) is 7.11 Å². The molecule has 138 valence electrons. The number of methoxy groups -OCH3 is 1. The van der Waals surface area contributed by atoms with Gasteiger partial charge in [0.1, 0.15) is 0 Å². The summed E-state index contributed by atoms with van der Waals surface area (Å²) in [7, 11) is 1.51. The van der Waals surface area contributed by atoms with Crippen molar-refractivity contribution >= 4 is 22.6 Å². The lowest BCUT2D eigenvalue weighted by atomic mass is 9.89. The predicted molar refractivity (Wildman–Crippen MR) is 99.5 cm³/mol. The Balaban J connectivity index is 1.74. The van der Waals surface area contributed by atoms with Crippen LogP contribution in [-0.4, -0.2) is 32.5 Å². The van der Waals surface area contributed by atoms with Crippen LogP contribution in [0, 0.1) is 0 Å². The molecule has 7 heteroatoms. The molecule has 0 saturated carbocycles. The van der Waals surface area contributed by atoms with Gasteiger partial charge in [-0.1, -0.05) is 12.1 Å². The van der Waals surface area contributed by atoms with Gasteiger partial charge in [0.2, 0.25) is 19.5 Å². The number of carbonyl (C=O) groups is 1. The Morgan fingerprint density at radius 3 is 2.57 bits per heavy atom. The molecule has 0 N–H and O–H groups in total. The quantitative estimate of drug-likeness (QED) is 0.648. The van der Waals surface area contributed by atoms with E-state index in [4.69, 9.17) is 23.7 Å². The third-order valence-corrected chi connectivity index (χ3v) is 5.14. The van der Waals surface area contributed by atoms with Crippen molar-refractivity contribution in [2.45, 2.75) is 0 Å². The molecule has 3 aromatic rings. The van der Waals surface area contributed by atoms with Crippen LogP contribution in [0.3, 0.4) is 0 Å². The number of benzene rings is 3. The van der Waals surface area contributed by atoms with Gasteiger partial charge in [0, 0.05) is 10.9 Å². The Hall–Kier alpha value is -3.74. The van der Waals surface area contributed by atoms with Gasteiger partial charge in [-0.3, -0.25) is 4.79 Å². The van der Waals surface area contributed by atoms with E-state index >= 15 is 0 Å². The molecule has 3 heterocycles. The van der Waals surface area contributed by atoms with E-state index in [0.717, 1.165) is 16.3 Å². The van der Waals surface area contributed by atoms with Gasteiger partial charge in [-0.15, -0.1) is 0 Å². The molecule has 1 amide bonds. The lowest BCUT2D eigenvalue weighted by molar-refractivity contribution is 0.101. The molecule has 0 saturated heterocycles. The Morgan fingerprint density at radius 2 is 1.68 bits per heavy atom. The molecule has 0 spiro atoms. The van der Waals surface area contributed by atoms with Crippen molar-refractivity contribution in [3.8, 4) is 34.1 Å².